The average molecular weight is 515 g/mol. The van der Waals surface area contributed by atoms with Gasteiger partial charge in [0, 0.05) is 41.8 Å². The van der Waals surface area contributed by atoms with Gasteiger partial charge >= 0.3 is 6.36 Å². The lowest BCUT2D eigenvalue weighted by Gasteiger charge is -2.26. The van der Waals surface area contributed by atoms with Gasteiger partial charge in [-0.3, -0.25) is 19.5 Å². The zero-order valence-corrected chi connectivity index (χ0v) is 20.0. The second kappa shape index (κ2) is 11.4. The van der Waals surface area contributed by atoms with Crippen LogP contribution in [0.25, 0.3) is 11.1 Å². The largest absolute Gasteiger partial charge is 0.573 e. The van der Waals surface area contributed by atoms with Gasteiger partial charge in [0.25, 0.3) is 5.91 Å². The van der Waals surface area contributed by atoms with Crippen LogP contribution in [0.1, 0.15) is 16.1 Å². The highest BCUT2D eigenvalue weighted by Gasteiger charge is 2.32. The van der Waals surface area contributed by atoms with Crippen LogP contribution in [0, 0.1) is 6.92 Å². The van der Waals surface area contributed by atoms with E-state index in [-0.39, 0.29) is 17.8 Å². The molecule has 2 amide bonds. The van der Waals surface area contributed by atoms with E-state index in [1.54, 1.807) is 18.3 Å². The summed E-state index contributed by atoms with van der Waals surface area (Å²) in [5.74, 6) is -1.71. The minimum absolute atomic E-state index is 0.0336. The Morgan fingerprint density at radius 1 is 1.00 bits per heavy atom. The van der Waals surface area contributed by atoms with E-state index in [0.717, 1.165) is 29.0 Å². The molecule has 0 spiro atoms. The van der Waals surface area contributed by atoms with Crippen molar-refractivity contribution in [3.8, 4) is 16.9 Å². The monoisotopic (exact) mass is 514 g/mol. The number of carbonyl (C=O) groups is 2. The first-order chi connectivity index (χ1) is 17.7. The molecule has 8 nitrogen and oxygen atoms in total. The lowest BCUT2D eigenvalue weighted by molar-refractivity contribution is -0.274. The van der Waals surface area contributed by atoms with Crippen LogP contribution < -0.4 is 15.4 Å². The molecule has 0 unspecified atom stereocenters. The summed E-state index contributed by atoms with van der Waals surface area (Å²) >= 11 is 0. The van der Waals surface area contributed by atoms with Gasteiger partial charge in [-0.05, 0) is 48.9 Å². The van der Waals surface area contributed by atoms with Gasteiger partial charge in [-0.1, -0.05) is 18.2 Å². The first kappa shape index (κ1) is 26.1. The van der Waals surface area contributed by atoms with Crippen molar-refractivity contribution in [1.29, 1.82) is 0 Å². The number of morpholine rings is 1. The molecule has 0 radical (unpaired) electrons. The molecular weight excluding hydrogens is 489 g/mol. The molecule has 194 valence electrons. The number of pyridine rings is 1. The van der Waals surface area contributed by atoms with Crippen LogP contribution in [0.2, 0.25) is 0 Å². The van der Waals surface area contributed by atoms with Gasteiger partial charge in [-0.2, -0.15) is 0 Å². The molecular formula is C26H25F3N4O4. The maximum atomic E-state index is 12.9. The summed E-state index contributed by atoms with van der Waals surface area (Å²) in [7, 11) is 0. The fourth-order valence-corrected chi connectivity index (χ4v) is 3.72. The van der Waals surface area contributed by atoms with Crippen molar-refractivity contribution < 1.29 is 32.2 Å². The van der Waals surface area contributed by atoms with Crippen molar-refractivity contribution in [2.75, 3.05) is 43.5 Å². The number of rotatable bonds is 7. The SMILES string of the molecule is Cc1ccc(-c2ccc(NC(=O)c3ccc(OC(F)(F)F)c(NC(=O)CN4CCOCC4)c3)cc2)cn1. The highest BCUT2D eigenvalue weighted by molar-refractivity contribution is 6.06. The molecule has 1 saturated heterocycles. The van der Waals surface area contributed by atoms with Crippen LogP contribution >= 0.6 is 0 Å². The van der Waals surface area contributed by atoms with Gasteiger partial charge in [0.15, 0.2) is 5.75 Å². The van der Waals surface area contributed by atoms with Crippen LogP contribution in [-0.2, 0) is 9.53 Å². The second-order valence-corrected chi connectivity index (χ2v) is 8.42. The van der Waals surface area contributed by atoms with Crippen LogP contribution in [0.5, 0.6) is 5.75 Å². The zero-order valence-electron chi connectivity index (χ0n) is 20.0. The molecule has 3 aromatic rings. The number of hydrogen-bond acceptors (Lipinski definition) is 6. The number of nitrogens with one attached hydrogen (secondary N) is 2. The number of aryl methyl sites for hydroxylation is 1. The number of aromatic nitrogens is 1. The number of alkyl halides is 3. The summed E-state index contributed by atoms with van der Waals surface area (Å²) in [6, 6.07) is 14.2. The number of anilines is 2. The van der Waals surface area contributed by atoms with Gasteiger partial charge in [0.05, 0.1) is 25.4 Å². The minimum atomic E-state index is -4.97. The normalized spacial score (nSPS) is 14.2. The zero-order chi connectivity index (χ0) is 26.4. The van der Waals surface area contributed by atoms with Crippen molar-refractivity contribution in [1.82, 2.24) is 9.88 Å². The van der Waals surface area contributed by atoms with E-state index in [9.17, 15) is 22.8 Å². The predicted octanol–water partition coefficient (Wildman–Crippen LogP) is 4.48. The molecule has 1 aromatic heterocycles. The fraction of sp³-hybridized carbons (Fsp3) is 0.269. The number of amides is 2. The number of carbonyl (C=O) groups excluding carboxylic acids is 2. The van der Waals surface area contributed by atoms with E-state index >= 15 is 0 Å². The maximum absolute atomic E-state index is 12.9. The molecule has 1 aliphatic rings. The van der Waals surface area contributed by atoms with Crippen LogP contribution in [0.4, 0.5) is 24.5 Å². The number of ether oxygens (including phenoxy) is 2. The molecule has 0 aliphatic carbocycles. The summed E-state index contributed by atoms with van der Waals surface area (Å²) in [5.41, 5.74) is 3.00. The van der Waals surface area contributed by atoms with E-state index in [4.69, 9.17) is 4.74 Å². The standard InChI is InChI=1S/C26H25F3N4O4/c1-17-2-3-20(15-30-17)18-4-7-21(8-5-18)31-25(35)19-6-9-23(37-26(27,28)29)22(14-19)32-24(34)16-33-10-12-36-13-11-33/h2-9,14-15H,10-13,16H2,1H3,(H,31,35)(H,32,34). The third-order valence-corrected chi connectivity index (χ3v) is 5.60. The van der Waals surface area contributed by atoms with Gasteiger partial charge < -0.3 is 20.1 Å². The Kier molecular flexibility index (Phi) is 8.04. The van der Waals surface area contributed by atoms with Crippen LogP contribution in [0.3, 0.4) is 0 Å². The van der Waals surface area contributed by atoms with Gasteiger partial charge in [-0.25, -0.2) is 0 Å². The van der Waals surface area contributed by atoms with Crippen molar-refractivity contribution in [3.63, 3.8) is 0 Å². The molecule has 37 heavy (non-hydrogen) atoms. The summed E-state index contributed by atoms with van der Waals surface area (Å²) < 4.78 is 48.0. The molecule has 0 atom stereocenters. The van der Waals surface area contributed by atoms with Gasteiger partial charge in [0.2, 0.25) is 5.91 Å². The lowest BCUT2D eigenvalue weighted by atomic mass is 10.1. The Morgan fingerprint density at radius 3 is 2.35 bits per heavy atom. The van der Waals surface area contributed by atoms with Crippen molar-refractivity contribution in [3.05, 3.63) is 72.1 Å². The van der Waals surface area contributed by atoms with E-state index in [1.165, 1.54) is 6.07 Å². The van der Waals surface area contributed by atoms with Crippen molar-refractivity contribution in [2.45, 2.75) is 13.3 Å². The molecule has 2 N–H and O–H groups in total. The molecule has 4 rings (SSSR count). The fourth-order valence-electron chi connectivity index (χ4n) is 3.72. The van der Waals surface area contributed by atoms with Crippen molar-refractivity contribution >= 4 is 23.2 Å². The molecule has 1 fully saturated rings. The summed E-state index contributed by atoms with van der Waals surface area (Å²) in [6.07, 6.45) is -3.22. The van der Waals surface area contributed by atoms with Crippen LogP contribution in [-0.4, -0.2) is 60.9 Å². The topological polar surface area (TPSA) is 92.8 Å². The van der Waals surface area contributed by atoms with Crippen molar-refractivity contribution in [2.24, 2.45) is 0 Å². The third-order valence-electron chi connectivity index (χ3n) is 5.60. The van der Waals surface area contributed by atoms with E-state index in [1.807, 2.05) is 36.1 Å². The number of benzene rings is 2. The third kappa shape index (κ3) is 7.51. The molecule has 2 heterocycles. The highest BCUT2D eigenvalue weighted by atomic mass is 19.4. The molecule has 11 heteroatoms. The summed E-state index contributed by atoms with van der Waals surface area (Å²) in [5, 5.41) is 5.14. The quantitative estimate of drug-likeness (QED) is 0.483. The molecule has 0 saturated carbocycles. The van der Waals surface area contributed by atoms with E-state index in [0.29, 0.717) is 32.0 Å². The summed E-state index contributed by atoms with van der Waals surface area (Å²) in [6.45, 7) is 3.85. The molecule has 2 aromatic carbocycles. The Hall–Kier alpha value is -3.96. The number of halogens is 3. The van der Waals surface area contributed by atoms with E-state index < -0.39 is 23.9 Å². The Balaban J connectivity index is 1.48. The molecule has 0 bridgehead atoms. The average Bonchev–Trinajstić information content (AvgIpc) is 2.86. The first-order valence-electron chi connectivity index (χ1n) is 11.5. The van der Waals surface area contributed by atoms with Crippen LogP contribution in [0.15, 0.2) is 60.8 Å². The van der Waals surface area contributed by atoms with Gasteiger partial charge in [-0.15, -0.1) is 13.2 Å². The Morgan fingerprint density at radius 2 is 1.70 bits per heavy atom. The number of nitrogens with zero attached hydrogens (tertiary/aromatic N) is 2. The second-order valence-electron chi connectivity index (χ2n) is 8.42. The molecule has 1 aliphatic heterocycles. The maximum Gasteiger partial charge on any atom is 0.573 e. The Bertz CT molecular complexity index is 1240. The Labute approximate surface area is 211 Å². The minimum Gasteiger partial charge on any atom is -0.404 e. The smallest absolute Gasteiger partial charge is 0.404 e. The van der Waals surface area contributed by atoms with Gasteiger partial charge in [0.1, 0.15) is 0 Å². The number of hydrogen-bond donors (Lipinski definition) is 2. The summed E-state index contributed by atoms with van der Waals surface area (Å²) in [4.78, 5) is 31.4. The predicted molar refractivity (Wildman–Crippen MR) is 131 cm³/mol. The highest BCUT2D eigenvalue weighted by Crippen LogP contribution is 2.32. The lowest BCUT2D eigenvalue weighted by Crippen LogP contribution is -2.41. The first-order valence-corrected chi connectivity index (χ1v) is 11.5. The van der Waals surface area contributed by atoms with E-state index in [2.05, 4.69) is 20.4 Å².